The van der Waals surface area contributed by atoms with Gasteiger partial charge in [0, 0.05) is 9.75 Å². The molecule has 1 amide bonds. The standard InChI is InChI=1S/C14H24N2OS/c1-5-6-7-13(15)14(17)16-10(3)12-8-9(2)18-11(12)4/h8,10,13H,5-7,15H2,1-4H3,(H,16,17). The lowest BCUT2D eigenvalue weighted by molar-refractivity contribution is -0.123. The van der Waals surface area contributed by atoms with Crippen molar-refractivity contribution in [2.45, 2.75) is 59.0 Å². The Morgan fingerprint density at radius 3 is 2.67 bits per heavy atom. The van der Waals surface area contributed by atoms with Gasteiger partial charge in [-0.05, 0) is 38.8 Å². The van der Waals surface area contributed by atoms with E-state index in [4.69, 9.17) is 5.73 Å². The van der Waals surface area contributed by atoms with Crippen LogP contribution >= 0.6 is 11.3 Å². The van der Waals surface area contributed by atoms with E-state index in [-0.39, 0.29) is 18.0 Å². The Hall–Kier alpha value is -0.870. The van der Waals surface area contributed by atoms with E-state index in [1.54, 1.807) is 11.3 Å². The highest BCUT2D eigenvalue weighted by molar-refractivity contribution is 7.12. The molecular weight excluding hydrogens is 244 g/mol. The van der Waals surface area contributed by atoms with Crippen molar-refractivity contribution in [1.29, 1.82) is 0 Å². The molecule has 0 fully saturated rings. The van der Waals surface area contributed by atoms with E-state index in [0.717, 1.165) is 19.3 Å². The minimum Gasteiger partial charge on any atom is -0.348 e. The van der Waals surface area contributed by atoms with Crippen molar-refractivity contribution in [3.63, 3.8) is 0 Å². The van der Waals surface area contributed by atoms with Gasteiger partial charge in [-0.3, -0.25) is 4.79 Å². The van der Waals surface area contributed by atoms with Crippen molar-refractivity contribution in [2.75, 3.05) is 0 Å². The van der Waals surface area contributed by atoms with E-state index in [1.165, 1.54) is 15.3 Å². The predicted molar refractivity (Wildman–Crippen MR) is 77.9 cm³/mol. The molecule has 0 aliphatic heterocycles. The van der Waals surface area contributed by atoms with Gasteiger partial charge < -0.3 is 11.1 Å². The minimum absolute atomic E-state index is 0.0372. The van der Waals surface area contributed by atoms with Crippen LogP contribution in [0.5, 0.6) is 0 Å². The Morgan fingerprint density at radius 1 is 1.50 bits per heavy atom. The zero-order valence-electron chi connectivity index (χ0n) is 11.7. The van der Waals surface area contributed by atoms with Gasteiger partial charge in [0.1, 0.15) is 0 Å². The molecule has 2 unspecified atom stereocenters. The Morgan fingerprint density at radius 2 is 2.17 bits per heavy atom. The van der Waals surface area contributed by atoms with Crippen LogP contribution in [0.3, 0.4) is 0 Å². The first kappa shape index (κ1) is 15.2. The molecule has 3 nitrogen and oxygen atoms in total. The molecule has 102 valence electrons. The third kappa shape index (κ3) is 4.10. The van der Waals surface area contributed by atoms with Crippen LogP contribution in [0.25, 0.3) is 0 Å². The van der Waals surface area contributed by atoms with Crippen molar-refractivity contribution >= 4 is 17.2 Å². The van der Waals surface area contributed by atoms with Crippen molar-refractivity contribution in [2.24, 2.45) is 5.73 Å². The van der Waals surface area contributed by atoms with Crippen molar-refractivity contribution in [3.05, 3.63) is 21.4 Å². The number of hydrogen-bond donors (Lipinski definition) is 2. The SMILES string of the molecule is CCCCC(N)C(=O)NC(C)c1cc(C)sc1C. The molecular formula is C14H24N2OS. The maximum absolute atomic E-state index is 11.9. The molecule has 0 radical (unpaired) electrons. The number of rotatable bonds is 6. The molecule has 2 atom stereocenters. The topological polar surface area (TPSA) is 55.1 Å². The Balaban J connectivity index is 2.56. The average molecular weight is 268 g/mol. The zero-order valence-corrected chi connectivity index (χ0v) is 12.6. The summed E-state index contributed by atoms with van der Waals surface area (Å²) in [4.78, 5) is 14.5. The summed E-state index contributed by atoms with van der Waals surface area (Å²) in [5, 5.41) is 3.00. The largest absolute Gasteiger partial charge is 0.348 e. The van der Waals surface area contributed by atoms with Crippen LogP contribution in [0.4, 0.5) is 0 Å². The first-order valence-corrected chi connectivity index (χ1v) is 7.40. The van der Waals surface area contributed by atoms with Gasteiger partial charge in [-0.25, -0.2) is 0 Å². The molecule has 0 aliphatic rings. The van der Waals surface area contributed by atoms with E-state index in [0.29, 0.717) is 0 Å². The zero-order chi connectivity index (χ0) is 13.7. The summed E-state index contributed by atoms with van der Waals surface area (Å²) in [7, 11) is 0. The van der Waals surface area contributed by atoms with E-state index >= 15 is 0 Å². The van der Waals surface area contributed by atoms with Gasteiger partial charge in [0.2, 0.25) is 5.91 Å². The molecule has 1 heterocycles. The molecule has 1 aromatic rings. The number of amides is 1. The van der Waals surface area contributed by atoms with Crippen molar-refractivity contribution in [1.82, 2.24) is 5.32 Å². The second-order valence-corrected chi connectivity index (χ2v) is 6.31. The lowest BCUT2D eigenvalue weighted by Gasteiger charge is -2.17. The minimum atomic E-state index is -0.382. The molecule has 0 bridgehead atoms. The average Bonchev–Trinajstić information content (AvgIpc) is 2.65. The lowest BCUT2D eigenvalue weighted by Crippen LogP contribution is -2.41. The van der Waals surface area contributed by atoms with Crippen LogP contribution in [0.1, 0.15) is 54.5 Å². The monoisotopic (exact) mass is 268 g/mol. The van der Waals surface area contributed by atoms with Crippen LogP contribution in [0.15, 0.2) is 6.07 Å². The number of carbonyl (C=O) groups is 1. The van der Waals surface area contributed by atoms with Gasteiger partial charge in [-0.1, -0.05) is 19.8 Å². The van der Waals surface area contributed by atoms with Gasteiger partial charge in [0.25, 0.3) is 0 Å². The summed E-state index contributed by atoms with van der Waals surface area (Å²) in [5.74, 6) is -0.0424. The molecule has 0 saturated carbocycles. The Labute approximate surface area is 114 Å². The summed E-state index contributed by atoms with van der Waals surface area (Å²) in [6, 6.07) is 1.80. The second kappa shape index (κ2) is 6.90. The smallest absolute Gasteiger partial charge is 0.237 e. The number of aryl methyl sites for hydroxylation is 2. The quantitative estimate of drug-likeness (QED) is 0.833. The number of nitrogens with one attached hydrogen (secondary N) is 1. The van der Waals surface area contributed by atoms with Crippen molar-refractivity contribution in [3.8, 4) is 0 Å². The van der Waals surface area contributed by atoms with Crippen LogP contribution in [0, 0.1) is 13.8 Å². The van der Waals surface area contributed by atoms with E-state index in [2.05, 4.69) is 32.2 Å². The number of nitrogens with two attached hydrogens (primary N) is 1. The van der Waals surface area contributed by atoms with Gasteiger partial charge in [0.05, 0.1) is 12.1 Å². The number of hydrogen-bond acceptors (Lipinski definition) is 3. The van der Waals surface area contributed by atoms with E-state index < -0.39 is 0 Å². The highest BCUT2D eigenvalue weighted by Gasteiger charge is 2.18. The third-order valence-corrected chi connectivity index (χ3v) is 4.09. The summed E-state index contributed by atoms with van der Waals surface area (Å²) in [5.41, 5.74) is 7.07. The number of thiophene rings is 1. The van der Waals surface area contributed by atoms with Crippen LogP contribution in [-0.4, -0.2) is 11.9 Å². The molecule has 1 rings (SSSR count). The third-order valence-electron chi connectivity index (χ3n) is 3.11. The van der Waals surface area contributed by atoms with Crippen LogP contribution in [0.2, 0.25) is 0 Å². The van der Waals surface area contributed by atoms with Gasteiger partial charge in [-0.2, -0.15) is 0 Å². The first-order chi connectivity index (χ1) is 8.45. The molecule has 18 heavy (non-hydrogen) atoms. The van der Waals surface area contributed by atoms with Crippen LogP contribution < -0.4 is 11.1 Å². The summed E-state index contributed by atoms with van der Waals surface area (Å²) in [6.45, 7) is 8.29. The number of unbranched alkanes of at least 4 members (excludes halogenated alkanes) is 1. The molecule has 4 heteroatoms. The van der Waals surface area contributed by atoms with Gasteiger partial charge in [0.15, 0.2) is 0 Å². The maximum atomic E-state index is 11.9. The first-order valence-electron chi connectivity index (χ1n) is 6.58. The predicted octanol–water partition coefficient (Wildman–Crippen LogP) is 3.06. The van der Waals surface area contributed by atoms with E-state index in [1.807, 2.05) is 6.92 Å². The number of carbonyl (C=O) groups excluding carboxylic acids is 1. The highest BCUT2D eigenvalue weighted by atomic mass is 32.1. The van der Waals surface area contributed by atoms with Gasteiger partial charge >= 0.3 is 0 Å². The molecule has 0 spiro atoms. The lowest BCUT2D eigenvalue weighted by atomic mass is 10.1. The summed E-state index contributed by atoms with van der Waals surface area (Å²) >= 11 is 1.76. The van der Waals surface area contributed by atoms with Crippen molar-refractivity contribution < 1.29 is 4.79 Å². The fourth-order valence-corrected chi connectivity index (χ4v) is 3.06. The maximum Gasteiger partial charge on any atom is 0.237 e. The van der Waals surface area contributed by atoms with E-state index in [9.17, 15) is 4.79 Å². The van der Waals surface area contributed by atoms with Crippen LogP contribution in [-0.2, 0) is 4.79 Å². The summed E-state index contributed by atoms with van der Waals surface area (Å²) < 4.78 is 0. The highest BCUT2D eigenvalue weighted by Crippen LogP contribution is 2.26. The second-order valence-electron chi connectivity index (χ2n) is 4.85. The molecule has 3 N–H and O–H groups in total. The normalized spacial score (nSPS) is 14.3. The fraction of sp³-hybridized carbons (Fsp3) is 0.643. The molecule has 0 aromatic carbocycles. The molecule has 0 aliphatic carbocycles. The molecule has 1 aromatic heterocycles. The summed E-state index contributed by atoms with van der Waals surface area (Å²) in [6.07, 6.45) is 2.83. The Kier molecular flexibility index (Phi) is 5.82. The fourth-order valence-electron chi connectivity index (χ4n) is 2.03. The Bertz CT molecular complexity index is 400. The van der Waals surface area contributed by atoms with Gasteiger partial charge in [-0.15, -0.1) is 11.3 Å². The molecule has 0 saturated heterocycles.